The molecule has 0 radical (unpaired) electrons. The minimum Gasteiger partial charge on any atom is -0.351 e. The molecule has 106 valence electrons. The Balaban J connectivity index is 2.31. The van der Waals surface area contributed by atoms with Gasteiger partial charge in [-0.1, -0.05) is 0 Å². The summed E-state index contributed by atoms with van der Waals surface area (Å²) in [6.07, 6.45) is 1.98. The molecule has 1 aromatic heterocycles. The van der Waals surface area contributed by atoms with E-state index >= 15 is 0 Å². The van der Waals surface area contributed by atoms with Gasteiger partial charge in [0.15, 0.2) is 0 Å². The summed E-state index contributed by atoms with van der Waals surface area (Å²) in [5.41, 5.74) is 6.32. The molecular formula is C12H21N5O2. The molecule has 7 heteroatoms. The molecule has 0 amide bonds. The summed E-state index contributed by atoms with van der Waals surface area (Å²) < 4.78 is 1.73. The van der Waals surface area contributed by atoms with Crippen LogP contribution in [0.5, 0.6) is 0 Å². The summed E-state index contributed by atoms with van der Waals surface area (Å²) in [6.45, 7) is 6.61. The smallest absolute Gasteiger partial charge is 0.333 e. The number of nitro groups is 1. The average molecular weight is 267 g/mol. The normalized spacial score (nSPS) is 16.9. The molecule has 2 rings (SSSR count). The summed E-state index contributed by atoms with van der Waals surface area (Å²) in [5.74, 6) is 1.19. The third kappa shape index (κ3) is 2.56. The van der Waals surface area contributed by atoms with Gasteiger partial charge in [0.1, 0.15) is 5.69 Å². The second-order valence-electron chi connectivity index (χ2n) is 5.00. The number of aryl methyl sites for hydroxylation is 2. The van der Waals surface area contributed by atoms with E-state index < -0.39 is 0 Å². The first-order valence-corrected chi connectivity index (χ1v) is 6.75. The number of hydrogen-bond acceptors (Lipinski definition) is 5. The van der Waals surface area contributed by atoms with Gasteiger partial charge in [0.05, 0.1) is 4.92 Å². The Morgan fingerprint density at radius 1 is 1.47 bits per heavy atom. The fourth-order valence-electron chi connectivity index (χ4n) is 2.69. The molecule has 0 spiro atoms. The minimum absolute atomic E-state index is 0.146. The first kappa shape index (κ1) is 13.8. The first-order valence-electron chi connectivity index (χ1n) is 6.75. The standard InChI is InChI=1S/C12H21N5O2/c1-3-16-12(11(17(18)19)9(2)14-16)15-6-4-10(8-13)5-7-15/h10H,3-8,13H2,1-2H3. The summed E-state index contributed by atoms with van der Waals surface area (Å²) in [5, 5.41) is 15.5. The van der Waals surface area contributed by atoms with Crippen molar-refractivity contribution >= 4 is 11.5 Å². The Kier molecular flexibility index (Phi) is 4.04. The lowest BCUT2D eigenvalue weighted by molar-refractivity contribution is -0.384. The van der Waals surface area contributed by atoms with Gasteiger partial charge in [-0.15, -0.1) is 0 Å². The highest BCUT2D eigenvalue weighted by Gasteiger charge is 2.31. The molecule has 0 saturated carbocycles. The van der Waals surface area contributed by atoms with Gasteiger partial charge in [0.2, 0.25) is 5.82 Å². The largest absolute Gasteiger partial charge is 0.351 e. The van der Waals surface area contributed by atoms with Gasteiger partial charge in [-0.2, -0.15) is 5.10 Å². The van der Waals surface area contributed by atoms with Crippen molar-refractivity contribution in [3.8, 4) is 0 Å². The van der Waals surface area contributed by atoms with E-state index in [2.05, 4.69) is 10.00 Å². The second-order valence-corrected chi connectivity index (χ2v) is 5.00. The van der Waals surface area contributed by atoms with Crippen LogP contribution in [0.1, 0.15) is 25.5 Å². The summed E-state index contributed by atoms with van der Waals surface area (Å²) in [4.78, 5) is 13.0. The molecule has 0 aromatic carbocycles. The summed E-state index contributed by atoms with van der Waals surface area (Å²) in [7, 11) is 0. The van der Waals surface area contributed by atoms with E-state index in [1.807, 2.05) is 6.92 Å². The van der Waals surface area contributed by atoms with Crippen molar-refractivity contribution in [2.24, 2.45) is 11.7 Å². The van der Waals surface area contributed by atoms with E-state index in [4.69, 9.17) is 5.73 Å². The van der Waals surface area contributed by atoms with Crippen LogP contribution < -0.4 is 10.6 Å². The lowest BCUT2D eigenvalue weighted by Gasteiger charge is -2.32. The molecule has 2 heterocycles. The van der Waals surface area contributed by atoms with Crippen LogP contribution >= 0.6 is 0 Å². The van der Waals surface area contributed by atoms with Gasteiger partial charge in [-0.25, -0.2) is 4.68 Å². The number of piperidine rings is 1. The van der Waals surface area contributed by atoms with Crippen molar-refractivity contribution in [2.45, 2.75) is 33.2 Å². The fourth-order valence-corrected chi connectivity index (χ4v) is 2.69. The van der Waals surface area contributed by atoms with Crippen LogP contribution in [0.4, 0.5) is 11.5 Å². The van der Waals surface area contributed by atoms with Gasteiger partial charge < -0.3 is 10.6 Å². The van der Waals surface area contributed by atoms with E-state index in [-0.39, 0.29) is 10.6 Å². The van der Waals surface area contributed by atoms with Crippen LogP contribution in [0.25, 0.3) is 0 Å². The molecule has 1 aliphatic heterocycles. The Morgan fingerprint density at radius 3 is 2.58 bits per heavy atom. The van der Waals surface area contributed by atoms with E-state index in [1.165, 1.54) is 0 Å². The van der Waals surface area contributed by atoms with Crippen molar-refractivity contribution in [1.82, 2.24) is 9.78 Å². The van der Waals surface area contributed by atoms with Crippen molar-refractivity contribution in [2.75, 3.05) is 24.5 Å². The molecule has 0 aliphatic carbocycles. The number of nitrogens with zero attached hydrogens (tertiary/aromatic N) is 4. The van der Waals surface area contributed by atoms with Crippen LogP contribution in [0.2, 0.25) is 0 Å². The topological polar surface area (TPSA) is 90.2 Å². The molecule has 1 fully saturated rings. The molecule has 7 nitrogen and oxygen atoms in total. The van der Waals surface area contributed by atoms with Crippen LogP contribution in [-0.2, 0) is 6.54 Å². The predicted octanol–water partition coefficient (Wildman–Crippen LogP) is 1.29. The van der Waals surface area contributed by atoms with E-state index in [9.17, 15) is 10.1 Å². The molecule has 0 atom stereocenters. The molecule has 1 aliphatic rings. The maximum absolute atomic E-state index is 11.2. The Labute approximate surface area is 112 Å². The maximum atomic E-state index is 11.2. The lowest BCUT2D eigenvalue weighted by Crippen LogP contribution is -2.37. The number of nitrogens with two attached hydrogens (primary N) is 1. The third-order valence-electron chi connectivity index (χ3n) is 3.80. The predicted molar refractivity (Wildman–Crippen MR) is 73.3 cm³/mol. The summed E-state index contributed by atoms with van der Waals surface area (Å²) >= 11 is 0. The molecule has 1 aromatic rings. The van der Waals surface area contributed by atoms with Crippen molar-refractivity contribution in [3.63, 3.8) is 0 Å². The molecule has 2 N–H and O–H groups in total. The second kappa shape index (κ2) is 5.56. The van der Waals surface area contributed by atoms with Crippen LogP contribution in [0, 0.1) is 23.0 Å². The zero-order chi connectivity index (χ0) is 14.0. The van der Waals surface area contributed by atoms with Gasteiger partial charge >= 0.3 is 5.69 Å². The highest BCUT2D eigenvalue weighted by molar-refractivity contribution is 5.61. The van der Waals surface area contributed by atoms with Gasteiger partial charge in [-0.3, -0.25) is 10.1 Å². The highest BCUT2D eigenvalue weighted by Crippen LogP contribution is 2.33. The quantitative estimate of drug-likeness (QED) is 0.656. The Bertz CT molecular complexity index is 463. The highest BCUT2D eigenvalue weighted by atomic mass is 16.6. The van der Waals surface area contributed by atoms with Crippen LogP contribution in [0.15, 0.2) is 0 Å². The zero-order valence-electron chi connectivity index (χ0n) is 11.5. The molecule has 19 heavy (non-hydrogen) atoms. The van der Waals surface area contributed by atoms with Crippen molar-refractivity contribution < 1.29 is 4.92 Å². The fraction of sp³-hybridized carbons (Fsp3) is 0.750. The van der Waals surface area contributed by atoms with Crippen molar-refractivity contribution in [3.05, 3.63) is 15.8 Å². The van der Waals surface area contributed by atoms with Crippen molar-refractivity contribution in [1.29, 1.82) is 0 Å². The monoisotopic (exact) mass is 267 g/mol. The Hall–Kier alpha value is -1.63. The Morgan fingerprint density at radius 2 is 2.11 bits per heavy atom. The van der Waals surface area contributed by atoms with E-state index in [1.54, 1.807) is 11.6 Å². The maximum Gasteiger partial charge on any atom is 0.333 e. The van der Waals surface area contributed by atoms with E-state index in [0.717, 1.165) is 25.9 Å². The molecule has 0 bridgehead atoms. The van der Waals surface area contributed by atoms with Crippen LogP contribution in [0.3, 0.4) is 0 Å². The zero-order valence-corrected chi connectivity index (χ0v) is 11.5. The number of hydrogen-bond donors (Lipinski definition) is 1. The number of aromatic nitrogens is 2. The van der Waals surface area contributed by atoms with Gasteiger partial charge in [0, 0.05) is 19.6 Å². The number of rotatable bonds is 4. The molecular weight excluding hydrogens is 246 g/mol. The average Bonchev–Trinajstić information content (AvgIpc) is 2.75. The number of anilines is 1. The lowest BCUT2D eigenvalue weighted by atomic mass is 9.97. The van der Waals surface area contributed by atoms with E-state index in [0.29, 0.717) is 30.5 Å². The van der Waals surface area contributed by atoms with Crippen LogP contribution in [-0.4, -0.2) is 34.3 Å². The molecule has 1 saturated heterocycles. The SMILES string of the molecule is CCn1nc(C)c([N+](=O)[O-])c1N1CCC(CN)CC1. The first-order chi connectivity index (χ1) is 9.08. The summed E-state index contributed by atoms with van der Waals surface area (Å²) in [6, 6.07) is 0. The molecule has 0 unspecified atom stereocenters. The minimum atomic E-state index is -0.321. The van der Waals surface area contributed by atoms with Gasteiger partial charge in [-0.05, 0) is 39.2 Å². The third-order valence-corrected chi connectivity index (χ3v) is 3.80. The van der Waals surface area contributed by atoms with Gasteiger partial charge in [0.25, 0.3) is 0 Å².